The van der Waals surface area contributed by atoms with Crippen molar-refractivity contribution in [3.05, 3.63) is 0 Å². The number of hydrogen-bond donors (Lipinski definition) is 2. The van der Waals surface area contributed by atoms with Crippen LogP contribution in [0.25, 0.3) is 0 Å². The molecule has 0 saturated heterocycles. The SMILES string of the molecule is CC(=O)NCC(=O)NCOC(C)=O. The molecule has 0 aromatic heterocycles. The molecule has 2 N–H and O–H groups in total. The normalized spacial score (nSPS) is 8.77. The molecule has 6 nitrogen and oxygen atoms in total. The van der Waals surface area contributed by atoms with Crippen LogP contribution < -0.4 is 10.6 Å². The van der Waals surface area contributed by atoms with Crippen molar-refractivity contribution in [2.45, 2.75) is 13.8 Å². The van der Waals surface area contributed by atoms with Crippen LogP contribution in [-0.4, -0.2) is 31.1 Å². The maximum atomic E-state index is 10.8. The van der Waals surface area contributed by atoms with Crippen LogP contribution in [0.2, 0.25) is 0 Å². The van der Waals surface area contributed by atoms with Crippen LogP contribution in [0.3, 0.4) is 0 Å². The lowest BCUT2D eigenvalue weighted by Crippen LogP contribution is -2.37. The minimum atomic E-state index is -0.472. The highest BCUT2D eigenvalue weighted by Crippen LogP contribution is 1.72. The van der Waals surface area contributed by atoms with Crippen LogP contribution >= 0.6 is 0 Å². The molecule has 0 bridgehead atoms. The van der Waals surface area contributed by atoms with Gasteiger partial charge in [-0.25, -0.2) is 0 Å². The van der Waals surface area contributed by atoms with Crippen molar-refractivity contribution >= 4 is 17.8 Å². The van der Waals surface area contributed by atoms with Crippen molar-refractivity contribution in [1.82, 2.24) is 10.6 Å². The van der Waals surface area contributed by atoms with E-state index in [9.17, 15) is 14.4 Å². The van der Waals surface area contributed by atoms with Crippen molar-refractivity contribution < 1.29 is 19.1 Å². The number of esters is 1. The molecule has 13 heavy (non-hydrogen) atoms. The van der Waals surface area contributed by atoms with Crippen LogP contribution in [0.5, 0.6) is 0 Å². The third-order valence-electron chi connectivity index (χ3n) is 1.04. The van der Waals surface area contributed by atoms with E-state index in [2.05, 4.69) is 15.4 Å². The average Bonchev–Trinajstić information content (AvgIpc) is 2.00. The number of rotatable bonds is 4. The minimum Gasteiger partial charge on any atom is -0.445 e. The Kier molecular flexibility index (Phi) is 5.25. The van der Waals surface area contributed by atoms with Crippen LogP contribution in [-0.2, 0) is 19.1 Å². The summed E-state index contributed by atoms with van der Waals surface area (Å²) in [5.41, 5.74) is 0. The van der Waals surface area contributed by atoms with Gasteiger partial charge in [-0.3, -0.25) is 14.4 Å². The van der Waals surface area contributed by atoms with E-state index >= 15 is 0 Å². The molecule has 0 saturated carbocycles. The van der Waals surface area contributed by atoms with Crippen molar-refractivity contribution in [1.29, 1.82) is 0 Å². The highest BCUT2D eigenvalue weighted by Gasteiger charge is 2.01. The molecule has 0 unspecified atom stereocenters. The summed E-state index contributed by atoms with van der Waals surface area (Å²) in [6.07, 6.45) is 0. The second-order valence-corrected chi connectivity index (χ2v) is 2.29. The van der Waals surface area contributed by atoms with Gasteiger partial charge in [0.25, 0.3) is 0 Å². The van der Waals surface area contributed by atoms with Gasteiger partial charge in [0.1, 0.15) is 0 Å². The van der Waals surface area contributed by atoms with Gasteiger partial charge in [-0.05, 0) is 0 Å². The number of carbonyl (C=O) groups is 3. The quantitative estimate of drug-likeness (QED) is 0.427. The molecule has 0 radical (unpaired) electrons. The van der Waals surface area contributed by atoms with E-state index in [1.165, 1.54) is 13.8 Å². The predicted molar refractivity (Wildman–Crippen MR) is 43.5 cm³/mol. The number of ether oxygens (including phenoxy) is 1. The smallest absolute Gasteiger partial charge is 0.304 e. The van der Waals surface area contributed by atoms with Crippen LogP contribution in [0.4, 0.5) is 0 Å². The van der Waals surface area contributed by atoms with Gasteiger partial charge in [0.15, 0.2) is 6.73 Å². The fraction of sp³-hybridized carbons (Fsp3) is 0.571. The maximum Gasteiger partial charge on any atom is 0.304 e. The Labute approximate surface area is 75.6 Å². The number of carbonyl (C=O) groups excluding carboxylic acids is 3. The largest absolute Gasteiger partial charge is 0.445 e. The summed E-state index contributed by atoms with van der Waals surface area (Å²) < 4.78 is 4.44. The van der Waals surface area contributed by atoms with Gasteiger partial charge in [-0.1, -0.05) is 0 Å². The predicted octanol–water partition coefficient (Wildman–Crippen LogP) is -1.24. The van der Waals surface area contributed by atoms with Crippen LogP contribution in [0.1, 0.15) is 13.8 Å². The summed E-state index contributed by atoms with van der Waals surface area (Å²) >= 11 is 0. The first-order valence-corrected chi connectivity index (χ1v) is 3.67. The average molecular weight is 188 g/mol. The molecule has 0 aromatic rings. The third-order valence-corrected chi connectivity index (χ3v) is 1.04. The molecule has 0 fully saturated rings. The monoisotopic (exact) mass is 188 g/mol. The Hall–Kier alpha value is -1.59. The van der Waals surface area contributed by atoms with E-state index < -0.39 is 11.9 Å². The molecule has 6 heteroatoms. The van der Waals surface area contributed by atoms with Gasteiger partial charge in [0.05, 0.1) is 6.54 Å². The lowest BCUT2D eigenvalue weighted by Gasteiger charge is -2.04. The van der Waals surface area contributed by atoms with Gasteiger partial charge in [-0.15, -0.1) is 0 Å². The maximum absolute atomic E-state index is 10.8. The van der Waals surface area contributed by atoms with Crippen LogP contribution in [0.15, 0.2) is 0 Å². The molecular formula is C7H12N2O4. The van der Waals surface area contributed by atoms with Crippen molar-refractivity contribution in [3.8, 4) is 0 Å². The highest BCUT2D eigenvalue weighted by molar-refractivity contribution is 5.83. The van der Waals surface area contributed by atoms with E-state index in [0.717, 1.165) is 0 Å². The second kappa shape index (κ2) is 5.99. The Bertz CT molecular complexity index is 215. The first-order chi connectivity index (χ1) is 6.02. The Morgan fingerprint density at radius 3 is 2.23 bits per heavy atom. The molecular weight excluding hydrogens is 176 g/mol. The van der Waals surface area contributed by atoms with Gasteiger partial charge in [-0.2, -0.15) is 0 Å². The summed E-state index contributed by atoms with van der Waals surface area (Å²) in [5.74, 6) is -1.17. The summed E-state index contributed by atoms with van der Waals surface area (Å²) in [6.45, 7) is 2.25. The molecule has 0 aliphatic rings. The zero-order chi connectivity index (χ0) is 10.3. The lowest BCUT2D eigenvalue weighted by molar-refractivity contribution is -0.142. The van der Waals surface area contributed by atoms with Gasteiger partial charge in [0.2, 0.25) is 11.8 Å². The second-order valence-electron chi connectivity index (χ2n) is 2.29. The molecule has 74 valence electrons. The fourth-order valence-corrected chi connectivity index (χ4v) is 0.485. The van der Waals surface area contributed by atoms with E-state index in [0.29, 0.717) is 0 Å². The molecule has 0 aliphatic carbocycles. The van der Waals surface area contributed by atoms with Crippen molar-refractivity contribution in [2.75, 3.05) is 13.3 Å². The van der Waals surface area contributed by atoms with E-state index in [4.69, 9.17) is 0 Å². The zero-order valence-corrected chi connectivity index (χ0v) is 7.55. The Morgan fingerprint density at radius 1 is 1.15 bits per heavy atom. The van der Waals surface area contributed by atoms with E-state index in [1.807, 2.05) is 0 Å². The van der Waals surface area contributed by atoms with Crippen molar-refractivity contribution in [2.24, 2.45) is 0 Å². The minimum absolute atomic E-state index is 0.114. The fourth-order valence-electron chi connectivity index (χ4n) is 0.485. The standard InChI is InChI=1S/C7H12N2O4/c1-5(10)8-3-7(12)9-4-13-6(2)11/h3-4H2,1-2H3,(H,8,10)(H,9,12). The first-order valence-electron chi connectivity index (χ1n) is 3.67. The first kappa shape index (κ1) is 11.4. The molecule has 0 rings (SSSR count). The number of nitrogens with one attached hydrogen (secondary N) is 2. The van der Waals surface area contributed by atoms with Gasteiger partial charge in [0, 0.05) is 13.8 Å². The summed E-state index contributed by atoms with van der Waals surface area (Å²) in [6, 6.07) is 0. The number of amides is 2. The highest BCUT2D eigenvalue weighted by atomic mass is 16.5. The molecule has 0 aliphatic heterocycles. The van der Waals surface area contributed by atoms with Gasteiger partial charge < -0.3 is 15.4 Å². The van der Waals surface area contributed by atoms with E-state index in [-0.39, 0.29) is 19.2 Å². The number of hydrogen-bond acceptors (Lipinski definition) is 4. The molecule has 0 atom stereocenters. The molecule has 2 amide bonds. The topological polar surface area (TPSA) is 84.5 Å². The van der Waals surface area contributed by atoms with Crippen LogP contribution in [0, 0.1) is 0 Å². The van der Waals surface area contributed by atoms with E-state index in [1.54, 1.807) is 0 Å². The summed E-state index contributed by atoms with van der Waals surface area (Å²) in [5, 5.41) is 4.56. The van der Waals surface area contributed by atoms with Crippen molar-refractivity contribution in [3.63, 3.8) is 0 Å². The Balaban J connectivity index is 3.41. The zero-order valence-electron chi connectivity index (χ0n) is 7.55. The lowest BCUT2D eigenvalue weighted by atomic mass is 10.5. The van der Waals surface area contributed by atoms with Gasteiger partial charge >= 0.3 is 5.97 Å². The summed E-state index contributed by atoms with van der Waals surface area (Å²) in [7, 11) is 0. The third kappa shape index (κ3) is 8.32. The molecule has 0 spiro atoms. The Morgan fingerprint density at radius 2 is 1.77 bits per heavy atom. The molecule has 0 aromatic carbocycles. The molecule has 0 heterocycles. The summed E-state index contributed by atoms with van der Waals surface area (Å²) in [4.78, 5) is 31.4.